The fourth-order valence-corrected chi connectivity index (χ4v) is 1.86. The van der Waals surface area contributed by atoms with E-state index in [9.17, 15) is 9.59 Å². The number of hydrogen-bond donors (Lipinski definition) is 2. The molecule has 0 bridgehead atoms. The molecule has 17 heavy (non-hydrogen) atoms. The van der Waals surface area contributed by atoms with E-state index < -0.39 is 0 Å². The van der Waals surface area contributed by atoms with Gasteiger partial charge in [0.15, 0.2) is 0 Å². The van der Waals surface area contributed by atoms with Crippen LogP contribution in [0.4, 0.5) is 0 Å². The molecular weight excluding hydrogens is 286 g/mol. The Morgan fingerprint density at radius 3 is 2.94 bits per heavy atom. The number of rotatable bonds is 3. The molecule has 1 aliphatic heterocycles. The molecule has 0 aromatic carbocycles. The van der Waals surface area contributed by atoms with Crippen molar-refractivity contribution in [1.29, 1.82) is 0 Å². The highest BCUT2D eigenvalue weighted by Gasteiger charge is 2.25. The highest BCUT2D eigenvalue weighted by atomic mass is 79.9. The minimum Gasteiger partial charge on any atom is -0.300 e. The van der Waals surface area contributed by atoms with Gasteiger partial charge in [0, 0.05) is 23.6 Å². The first-order valence-electron chi connectivity index (χ1n) is 5.32. The van der Waals surface area contributed by atoms with Crippen LogP contribution >= 0.6 is 15.9 Å². The van der Waals surface area contributed by atoms with Crippen LogP contribution in [0.1, 0.15) is 18.5 Å². The van der Waals surface area contributed by atoms with Crippen molar-refractivity contribution < 1.29 is 9.59 Å². The van der Waals surface area contributed by atoms with Gasteiger partial charge in [-0.3, -0.25) is 19.9 Å². The van der Waals surface area contributed by atoms with Crippen LogP contribution in [0.2, 0.25) is 0 Å². The van der Waals surface area contributed by atoms with Crippen molar-refractivity contribution in [3.05, 3.63) is 28.5 Å². The molecule has 2 amide bonds. The Hall–Kier alpha value is -1.27. The van der Waals surface area contributed by atoms with Crippen LogP contribution in [0.5, 0.6) is 0 Å². The van der Waals surface area contributed by atoms with E-state index in [1.165, 1.54) is 0 Å². The van der Waals surface area contributed by atoms with Crippen LogP contribution < -0.4 is 10.6 Å². The molecule has 2 heterocycles. The van der Waals surface area contributed by atoms with Crippen LogP contribution in [-0.2, 0) is 16.1 Å². The average Bonchev–Trinajstić information content (AvgIpc) is 2.30. The van der Waals surface area contributed by atoms with Crippen molar-refractivity contribution in [2.75, 3.05) is 0 Å². The number of nitrogens with zero attached hydrogens (tertiary/aromatic N) is 1. The zero-order valence-electron chi connectivity index (χ0n) is 9.07. The fourth-order valence-electron chi connectivity index (χ4n) is 1.63. The van der Waals surface area contributed by atoms with Gasteiger partial charge in [-0.25, -0.2) is 0 Å². The van der Waals surface area contributed by atoms with Crippen LogP contribution in [0.25, 0.3) is 0 Å². The Morgan fingerprint density at radius 1 is 1.47 bits per heavy atom. The lowest BCUT2D eigenvalue weighted by molar-refractivity contribution is -0.134. The zero-order valence-corrected chi connectivity index (χ0v) is 10.7. The molecule has 1 atom stereocenters. The largest absolute Gasteiger partial charge is 0.300 e. The topological polar surface area (TPSA) is 71.1 Å². The van der Waals surface area contributed by atoms with Gasteiger partial charge < -0.3 is 5.32 Å². The maximum Gasteiger partial charge on any atom is 0.243 e. The van der Waals surface area contributed by atoms with Gasteiger partial charge in [-0.1, -0.05) is 0 Å². The maximum absolute atomic E-state index is 11.5. The Bertz CT molecular complexity index is 433. The van der Waals surface area contributed by atoms with Gasteiger partial charge in [-0.15, -0.1) is 0 Å². The first-order valence-corrected chi connectivity index (χ1v) is 6.12. The lowest BCUT2D eigenvalue weighted by Crippen LogP contribution is -2.50. The quantitative estimate of drug-likeness (QED) is 0.807. The summed E-state index contributed by atoms with van der Waals surface area (Å²) in [7, 11) is 0. The molecule has 2 N–H and O–H groups in total. The van der Waals surface area contributed by atoms with Crippen molar-refractivity contribution >= 4 is 27.7 Å². The predicted octanol–water partition coefficient (Wildman–Crippen LogP) is 0.739. The molecule has 1 aromatic heterocycles. The fraction of sp³-hybridized carbons (Fsp3) is 0.364. The standard InChI is InChI=1S/C11H12BrN3O2/c12-7-1-2-8(13-5-7)6-14-9-3-4-10(16)15-11(9)17/h1-2,5,9,14H,3-4,6H2,(H,15,16,17). The van der Waals surface area contributed by atoms with Gasteiger partial charge in [0.05, 0.1) is 11.7 Å². The predicted molar refractivity (Wildman–Crippen MR) is 64.9 cm³/mol. The lowest BCUT2D eigenvalue weighted by Gasteiger charge is -2.21. The van der Waals surface area contributed by atoms with Gasteiger partial charge in [0.1, 0.15) is 0 Å². The van der Waals surface area contributed by atoms with Gasteiger partial charge in [0.25, 0.3) is 0 Å². The van der Waals surface area contributed by atoms with Crippen LogP contribution in [-0.4, -0.2) is 22.8 Å². The van der Waals surface area contributed by atoms with E-state index in [1.54, 1.807) is 6.20 Å². The third-order valence-corrected chi connectivity index (χ3v) is 3.03. The van der Waals surface area contributed by atoms with E-state index in [1.807, 2.05) is 12.1 Å². The first-order chi connectivity index (χ1) is 8.15. The summed E-state index contributed by atoms with van der Waals surface area (Å²) in [6, 6.07) is 3.47. The monoisotopic (exact) mass is 297 g/mol. The normalized spacial score (nSPS) is 20.2. The number of pyridine rings is 1. The molecule has 90 valence electrons. The minimum absolute atomic E-state index is 0.199. The summed E-state index contributed by atoms with van der Waals surface area (Å²) in [6.07, 6.45) is 2.64. The van der Waals surface area contributed by atoms with Crippen LogP contribution in [0, 0.1) is 0 Å². The smallest absolute Gasteiger partial charge is 0.243 e. The molecule has 1 aliphatic rings. The highest BCUT2D eigenvalue weighted by Crippen LogP contribution is 2.08. The van der Waals surface area contributed by atoms with E-state index in [0.29, 0.717) is 19.4 Å². The van der Waals surface area contributed by atoms with Crippen molar-refractivity contribution in [2.24, 2.45) is 0 Å². The minimum atomic E-state index is -0.307. The average molecular weight is 298 g/mol. The Labute approximate surface area is 107 Å². The molecule has 6 heteroatoms. The lowest BCUT2D eigenvalue weighted by atomic mass is 10.1. The second kappa shape index (κ2) is 5.37. The number of aromatic nitrogens is 1. The van der Waals surface area contributed by atoms with Crippen molar-refractivity contribution in [1.82, 2.24) is 15.6 Å². The van der Waals surface area contributed by atoms with E-state index >= 15 is 0 Å². The number of carbonyl (C=O) groups excluding carboxylic acids is 2. The van der Waals surface area contributed by atoms with Crippen LogP contribution in [0.3, 0.4) is 0 Å². The Morgan fingerprint density at radius 2 is 2.29 bits per heavy atom. The molecular formula is C11H12BrN3O2. The summed E-state index contributed by atoms with van der Waals surface area (Å²) in [5.74, 6) is -0.451. The molecule has 1 unspecified atom stereocenters. The molecule has 2 rings (SSSR count). The van der Waals surface area contributed by atoms with Gasteiger partial charge in [-0.05, 0) is 34.5 Å². The number of nitrogens with one attached hydrogen (secondary N) is 2. The SMILES string of the molecule is O=C1CCC(NCc2ccc(Br)cn2)C(=O)N1. The summed E-state index contributed by atoms with van der Waals surface area (Å²) in [5.41, 5.74) is 0.859. The molecule has 0 aliphatic carbocycles. The molecule has 1 saturated heterocycles. The van der Waals surface area contributed by atoms with E-state index in [4.69, 9.17) is 0 Å². The summed E-state index contributed by atoms with van der Waals surface area (Å²) in [6.45, 7) is 0.513. The highest BCUT2D eigenvalue weighted by molar-refractivity contribution is 9.10. The summed E-state index contributed by atoms with van der Waals surface area (Å²) in [5, 5.41) is 5.39. The van der Waals surface area contributed by atoms with Gasteiger partial charge >= 0.3 is 0 Å². The van der Waals surface area contributed by atoms with Gasteiger partial charge in [0.2, 0.25) is 11.8 Å². The Kier molecular flexibility index (Phi) is 3.86. The maximum atomic E-state index is 11.5. The molecule has 1 aromatic rings. The molecule has 0 spiro atoms. The zero-order chi connectivity index (χ0) is 12.3. The number of piperidine rings is 1. The molecule has 1 fully saturated rings. The summed E-state index contributed by atoms with van der Waals surface area (Å²) in [4.78, 5) is 26.6. The van der Waals surface area contributed by atoms with E-state index in [-0.39, 0.29) is 17.9 Å². The molecule has 0 saturated carbocycles. The van der Waals surface area contributed by atoms with E-state index in [0.717, 1.165) is 10.2 Å². The molecule has 0 radical (unpaired) electrons. The second-order valence-corrected chi connectivity index (χ2v) is 4.77. The molecule has 5 nitrogen and oxygen atoms in total. The van der Waals surface area contributed by atoms with Crippen molar-refractivity contribution in [3.8, 4) is 0 Å². The van der Waals surface area contributed by atoms with Gasteiger partial charge in [-0.2, -0.15) is 0 Å². The van der Waals surface area contributed by atoms with Crippen LogP contribution in [0.15, 0.2) is 22.8 Å². The second-order valence-electron chi connectivity index (χ2n) is 3.85. The first kappa shape index (κ1) is 12.2. The third-order valence-electron chi connectivity index (χ3n) is 2.56. The summed E-state index contributed by atoms with van der Waals surface area (Å²) < 4.78 is 0.919. The van der Waals surface area contributed by atoms with Crippen molar-refractivity contribution in [3.63, 3.8) is 0 Å². The summed E-state index contributed by atoms with van der Waals surface area (Å²) >= 11 is 3.30. The number of halogens is 1. The van der Waals surface area contributed by atoms with E-state index in [2.05, 4.69) is 31.5 Å². The number of imide groups is 1. The number of carbonyl (C=O) groups is 2. The van der Waals surface area contributed by atoms with Crippen molar-refractivity contribution in [2.45, 2.75) is 25.4 Å². The number of amides is 2. The third kappa shape index (κ3) is 3.34. The Balaban J connectivity index is 1.88. The number of hydrogen-bond acceptors (Lipinski definition) is 4.